The minimum Gasteiger partial charge on any atom is -0.492 e. The SMILES string of the molecule is Cc1ccc(S(=O)(=O)N2CCOc3ccc(COCc4ccccc4Cl)cc3C2)cc1. The van der Waals surface area contributed by atoms with Crippen LogP contribution in [-0.2, 0) is 34.5 Å². The predicted molar refractivity (Wildman–Crippen MR) is 121 cm³/mol. The Labute approximate surface area is 188 Å². The summed E-state index contributed by atoms with van der Waals surface area (Å²) in [5.41, 5.74) is 3.72. The van der Waals surface area contributed by atoms with Gasteiger partial charge in [0, 0.05) is 23.7 Å². The Morgan fingerprint density at radius 1 is 1.03 bits per heavy atom. The number of rotatable bonds is 6. The highest BCUT2D eigenvalue weighted by molar-refractivity contribution is 7.89. The Hall–Kier alpha value is -2.38. The summed E-state index contributed by atoms with van der Waals surface area (Å²) in [6, 6.07) is 20.3. The van der Waals surface area contributed by atoms with E-state index >= 15 is 0 Å². The van der Waals surface area contributed by atoms with Gasteiger partial charge in [-0.2, -0.15) is 4.31 Å². The van der Waals surface area contributed by atoms with Crippen LogP contribution in [0.4, 0.5) is 0 Å². The van der Waals surface area contributed by atoms with Crippen molar-refractivity contribution in [2.45, 2.75) is 31.6 Å². The van der Waals surface area contributed by atoms with Gasteiger partial charge in [0.15, 0.2) is 0 Å². The van der Waals surface area contributed by atoms with Gasteiger partial charge < -0.3 is 9.47 Å². The van der Waals surface area contributed by atoms with Crippen LogP contribution in [0, 0.1) is 6.92 Å². The molecule has 0 bridgehead atoms. The van der Waals surface area contributed by atoms with Crippen molar-refractivity contribution in [2.24, 2.45) is 0 Å². The molecular formula is C24H24ClNO4S. The van der Waals surface area contributed by atoms with Crippen LogP contribution < -0.4 is 4.74 Å². The van der Waals surface area contributed by atoms with Crippen molar-refractivity contribution < 1.29 is 17.9 Å². The number of aryl methyl sites for hydroxylation is 1. The van der Waals surface area contributed by atoms with E-state index < -0.39 is 10.0 Å². The first-order valence-electron chi connectivity index (χ1n) is 10.1. The number of fused-ring (bicyclic) bond motifs is 1. The lowest BCUT2D eigenvalue weighted by Crippen LogP contribution is -2.32. The Balaban J connectivity index is 1.49. The van der Waals surface area contributed by atoms with E-state index in [4.69, 9.17) is 21.1 Å². The van der Waals surface area contributed by atoms with Gasteiger partial charge in [-0.3, -0.25) is 0 Å². The average molecular weight is 458 g/mol. The van der Waals surface area contributed by atoms with Gasteiger partial charge >= 0.3 is 0 Å². The lowest BCUT2D eigenvalue weighted by atomic mass is 10.1. The molecule has 4 rings (SSSR count). The molecule has 0 N–H and O–H groups in total. The first-order valence-corrected chi connectivity index (χ1v) is 11.9. The van der Waals surface area contributed by atoms with E-state index in [0.29, 0.717) is 42.0 Å². The fourth-order valence-corrected chi connectivity index (χ4v) is 5.06. The van der Waals surface area contributed by atoms with E-state index in [2.05, 4.69) is 0 Å². The van der Waals surface area contributed by atoms with E-state index in [-0.39, 0.29) is 6.54 Å². The Morgan fingerprint density at radius 2 is 1.81 bits per heavy atom. The number of ether oxygens (including phenoxy) is 2. The maximum atomic E-state index is 13.1. The molecule has 0 amide bonds. The monoisotopic (exact) mass is 457 g/mol. The zero-order chi connectivity index (χ0) is 21.8. The van der Waals surface area contributed by atoms with Gasteiger partial charge in [-0.05, 0) is 48.4 Å². The standard InChI is InChI=1S/C24H24ClNO4S/c1-18-6-9-22(10-7-18)31(27,28)26-12-13-30-24-11-8-19(14-21(24)15-26)16-29-17-20-4-2-3-5-23(20)25/h2-11,14H,12-13,15-17H2,1H3. The largest absolute Gasteiger partial charge is 0.492 e. The molecule has 1 aliphatic heterocycles. The van der Waals surface area contributed by atoms with Crippen LogP contribution in [0.3, 0.4) is 0 Å². The fraction of sp³-hybridized carbons (Fsp3) is 0.250. The molecule has 7 heteroatoms. The van der Waals surface area contributed by atoms with Gasteiger partial charge in [0.1, 0.15) is 12.4 Å². The molecule has 0 aromatic heterocycles. The van der Waals surface area contributed by atoms with Crippen molar-refractivity contribution in [1.82, 2.24) is 4.31 Å². The highest BCUT2D eigenvalue weighted by Gasteiger charge is 2.27. The zero-order valence-electron chi connectivity index (χ0n) is 17.3. The minimum atomic E-state index is -3.61. The predicted octanol–water partition coefficient (Wildman–Crippen LogP) is 4.95. The number of hydrogen-bond acceptors (Lipinski definition) is 4. The maximum absolute atomic E-state index is 13.1. The van der Waals surface area contributed by atoms with E-state index in [1.165, 1.54) is 4.31 Å². The molecule has 0 unspecified atom stereocenters. The summed E-state index contributed by atoms with van der Waals surface area (Å²) in [6.45, 7) is 3.58. The Bertz CT molecular complexity index is 1160. The molecule has 3 aromatic rings. The smallest absolute Gasteiger partial charge is 0.243 e. The molecule has 1 aliphatic rings. The van der Waals surface area contributed by atoms with Gasteiger partial charge in [-0.15, -0.1) is 0 Å². The molecule has 31 heavy (non-hydrogen) atoms. The van der Waals surface area contributed by atoms with Crippen LogP contribution in [0.1, 0.15) is 22.3 Å². The number of sulfonamides is 1. The van der Waals surface area contributed by atoms with Crippen molar-refractivity contribution in [1.29, 1.82) is 0 Å². The van der Waals surface area contributed by atoms with Crippen LogP contribution >= 0.6 is 11.6 Å². The highest BCUT2D eigenvalue weighted by Crippen LogP contribution is 2.28. The summed E-state index contributed by atoms with van der Waals surface area (Å²) >= 11 is 6.18. The van der Waals surface area contributed by atoms with Crippen LogP contribution in [0.2, 0.25) is 5.02 Å². The summed E-state index contributed by atoms with van der Waals surface area (Å²) < 4.78 is 39.4. The van der Waals surface area contributed by atoms with Crippen molar-refractivity contribution in [3.63, 3.8) is 0 Å². The molecule has 5 nitrogen and oxygen atoms in total. The van der Waals surface area contributed by atoms with Gasteiger partial charge in [-0.1, -0.05) is 53.6 Å². The van der Waals surface area contributed by atoms with Crippen molar-refractivity contribution in [3.8, 4) is 5.75 Å². The summed E-state index contributed by atoms with van der Waals surface area (Å²) in [5.74, 6) is 0.705. The summed E-state index contributed by atoms with van der Waals surface area (Å²) in [7, 11) is -3.61. The zero-order valence-corrected chi connectivity index (χ0v) is 18.8. The van der Waals surface area contributed by atoms with Gasteiger partial charge in [0.2, 0.25) is 10.0 Å². The highest BCUT2D eigenvalue weighted by atomic mass is 35.5. The van der Waals surface area contributed by atoms with E-state index in [1.54, 1.807) is 12.1 Å². The average Bonchev–Trinajstić information content (AvgIpc) is 2.98. The number of nitrogens with zero attached hydrogens (tertiary/aromatic N) is 1. The number of halogens is 1. The normalized spacial score (nSPS) is 14.5. The number of benzene rings is 3. The molecule has 1 heterocycles. The van der Waals surface area contributed by atoms with Crippen LogP contribution in [0.15, 0.2) is 71.6 Å². The molecule has 3 aromatic carbocycles. The molecule has 0 saturated carbocycles. The van der Waals surface area contributed by atoms with Gasteiger partial charge in [0.25, 0.3) is 0 Å². The lowest BCUT2D eigenvalue weighted by molar-refractivity contribution is 0.107. The molecule has 0 aliphatic carbocycles. The summed E-state index contributed by atoms with van der Waals surface area (Å²) in [5, 5.41) is 0.676. The van der Waals surface area contributed by atoms with Gasteiger partial charge in [0.05, 0.1) is 18.1 Å². The van der Waals surface area contributed by atoms with E-state index in [9.17, 15) is 8.42 Å². The third kappa shape index (κ3) is 5.10. The molecular weight excluding hydrogens is 434 g/mol. The van der Waals surface area contributed by atoms with Crippen LogP contribution in [0.5, 0.6) is 5.75 Å². The molecule has 0 saturated heterocycles. The Kier molecular flexibility index (Phi) is 6.62. The van der Waals surface area contributed by atoms with Crippen molar-refractivity contribution >= 4 is 21.6 Å². The first-order chi connectivity index (χ1) is 14.9. The lowest BCUT2D eigenvalue weighted by Gasteiger charge is -2.20. The molecule has 0 radical (unpaired) electrons. The second-order valence-electron chi connectivity index (χ2n) is 7.53. The molecule has 162 valence electrons. The van der Waals surface area contributed by atoms with Crippen LogP contribution in [0.25, 0.3) is 0 Å². The van der Waals surface area contributed by atoms with E-state index in [1.807, 2.05) is 61.5 Å². The third-order valence-electron chi connectivity index (χ3n) is 5.21. The Morgan fingerprint density at radius 3 is 2.58 bits per heavy atom. The van der Waals surface area contributed by atoms with Crippen molar-refractivity contribution in [3.05, 3.63) is 94.0 Å². The minimum absolute atomic E-state index is 0.254. The topological polar surface area (TPSA) is 55.8 Å². The quantitative estimate of drug-likeness (QED) is 0.525. The fourth-order valence-electron chi connectivity index (χ4n) is 3.47. The second kappa shape index (κ2) is 9.40. The van der Waals surface area contributed by atoms with E-state index in [0.717, 1.165) is 22.3 Å². The number of hydrogen-bond donors (Lipinski definition) is 0. The molecule has 0 spiro atoms. The first kappa shape index (κ1) is 21.8. The van der Waals surface area contributed by atoms with Crippen molar-refractivity contribution in [2.75, 3.05) is 13.2 Å². The molecule has 0 fully saturated rings. The third-order valence-corrected chi connectivity index (χ3v) is 7.44. The molecule has 0 atom stereocenters. The summed E-state index contributed by atoms with van der Waals surface area (Å²) in [6.07, 6.45) is 0. The second-order valence-corrected chi connectivity index (χ2v) is 9.87. The summed E-state index contributed by atoms with van der Waals surface area (Å²) in [4.78, 5) is 0.292. The van der Waals surface area contributed by atoms with Crippen LogP contribution in [-0.4, -0.2) is 25.9 Å². The van der Waals surface area contributed by atoms with Gasteiger partial charge in [-0.25, -0.2) is 8.42 Å². The maximum Gasteiger partial charge on any atom is 0.243 e.